The van der Waals surface area contributed by atoms with Crippen LogP contribution in [-0.2, 0) is 6.42 Å². The number of nitrogens with zero attached hydrogens (tertiary/aromatic N) is 1. The zero-order valence-electron chi connectivity index (χ0n) is 13.3. The van der Waals surface area contributed by atoms with Gasteiger partial charge in [0.1, 0.15) is 0 Å². The van der Waals surface area contributed by atoms with Crippen molar-refractivity contribution in [3.05, 3.63) is 71.8 Å². The van der Waals surface area contributed by atoms with Gasteiger partial charge in [0, 0.05) is 13.1 Å². The van der Waals surface area contributed by atoms with E-state index in [4.69, 9.17) is 0 Å². The molecule has 0 spiro atoms. The molecule has 0 aliphatic carbocycles. The van der Waals surface area contributed by atoms with Crippen LogP contribution in [0.15, 0.2) is 60.7 Å². The maximum Gasteiger partial charge on any atom is 0.317 e. The lowest BCUT2D eigenvalue weighted by Gasteiger charge is -2.25. The molecule has 1 atom stereocenters. The number of hydrogen-bond donors (Lipinski definition) is 1. The molecule has 0 aliphatic rings. The Hall–Kier alpha value is -2.29. The van der Waals surface area contributed by atoms with Gasteiger partial charge in [-0.15, -0.1) is 0 Å². The van der Waals surface area contributed by atoms with E-state index in [0.29, 0.717) is 0 Å². The number of urea groups is 1. The van der Waals surface area contributed by atoms with Crippen molar-refractivity contribution in [3.8, 4) is 0 Å². The van der Waals surface area contributed by atoms with Crippen LogP contribution in [0.4, 0.5) is 4.79 Å². The lowest BCUT2D eigenvalue weighted by Crippen LogP contribution is -2.42. The smallest absolute Gasteiger partial charge is 0.317 e. The lowest BCUT2D eigenvalue weighted by atomic mass is 9.99. The second-order valence-corrected chi connectivity index (χ2v) is 5.27. The normalized spacial score (nSPS) is 11.7. The number of carbonyl (C=O) groups is 1. The highest BCUT2D eigenvalue weighted by Gasteiger charge is 2.17. The van der Waals surface area contributed by atoms with E-state index in [1.165, 1.54) is 5.56 Å². The molecule has 0 bridgehead atoms. The second kappa shape index (κ2) is 8.23. The van der Waals surface area contributed by atoms with Crippen LogP contribution in [0.5, 0.6) is 0 Å². The molecule has 0 saturated heterocycles. The van der Waals surface area contributed by atoms with Crippen LogP contribution in [0.25, 0.3) is 0 Å². The zero-order valence-corrected chi connectivity index (χ0v) is 13.3. The van der Waals surface area contributed by atoms with Crippen molar-refractivity contribution in [1.29, 1.82) is 0 Å². The van der Waals surface area contributed by atoms with Crippen LogP contribution in [0.2, 0.25) is 0 Å². The number of carbonyl (C=O) groups excluding carboxylic acids is 1. The Morgan fingerprint density at radius 3 is 2.05 bits per heavy atom. The quantitative estimate of drug-likeness (QED) is 0.858. The van der Waals surface area contributed by atoms with E-state index < -0.39 is 0 Å². The molecule has 116 valence electrons. The SMILES string of the molecule is CCN(CC)C(=O)NC(Cc1ccccc1)c1ccccc1. The number of hydrogen-bond acceptors (Lipinski definition) is 1. The number of benzene rings is 2. The van der Waals surface area contributed by atoms with Crippen molar-refractivity contribution in [3.63, 3.8) is 0 Å². The van der Waals surface area contributed by atoms with Crippen LogP contribution in [0, 0.1) is 0 Å². The van der Waals surface area contributed by atoms with Crippen molar-refractivity contribution in [2.45, 2.75) is 26.3 Å². The van der Waals surface area contributed by atoms with E-state index in [-0.39, 0.29) is 12.1 Å². The molecule has 2 amide bonds. The highest BCUT2D eigenvalue weighted by atomic mass is 16.2. The summed E-state index contributed by atoms with van der Waals surface area (Å²) in [5.41, 5.74) is 2.35. The summed E-state index contributed by atoms with van der Waals surface area (Å²) in [6, 6.07) is 20.4. The van der Waals surface area contributed by atoms with E-state index in [1.54, 1.807) is 4.90 Å². The third-order valence-electron chi connectivity index (χ3n) is 3.83. The first-order chi connectivity index (χ1) is 10.7. The Morgan fingerprint density at radius 1 is 0.955 bits per heavy atom. The molecule has 1 N–H and O–H groups in total. The molecule has 0 fully saturated rings. The monoisotopic (exact) mass is 296 g/mol. The highest BCUT2D eigenvalue weighted by molar-refractivity contribution is 5.74. The van der Waals surface area contributed by atoms with Gasteiger partial charge in [-0.05, 0) is 31.4 Å². The molecule has 3 nitrogen and oxygen atoms in total. The molecule has 2 aromatic carbocycles. The molecule has 3 heteroatoms. The maximum absolute atomic E-state index is 12.4. The summed E-state index contributed by atoms with van der Waals surface area (Å²) in [7, 11) is 0. The number of amides is 2. The summed E-state index contributed by atoms with van der Waals surface area (Å²) in [5.74, 6) is 0. The van der Waals surface area contributed by atoms with E-state index in [9.17, 15) is 4.79 Å². The Bertz CT molecular complexity index is 565. The summed E-state index contributed by atoms with van der Waals surface area (Å²) < 4.78 is 0. The van der Waals surface area contributed by atoms with Crippen LogP contribution in [0.3, 0.4) is 0 Å². The molecule has 0 aliphatic heterocycles. The van der Waals surface area contributed by atoms with Gasteiger partial charge in [-0.2, -0.15) is 0 Å². The fourth-order valence-corrected chi connectivity index (χ4v) is 2.54. The van der Waals surface area contributed by atoms with Gasteiger partial charge >= 0.3 is 6.03 Å². The molecule has 22 heavy (non-hydrogen) atoms. The number of rotatable bonds is 6. The first kappa shape index (κ1) is 16.1. The molecule has 0 saturated carbocycles. The van der Waals surface area contributed by atoms with Crippen LogP contribution >= 0.6 is 0 Å². The molecule has 2 aromatic rings. The Morgan fingerprint density at radius 2 is 1.50 bits per heavy atom. The summed E-state index contributed by atoms with van der Waals surface area (Å²) in [4.78, 5) is 14.2. The topological polar surface area (TPSA) is 32.3 Å². The van der Waals surface area contributed by atoms with Gasteiger partial charge in [-0.3, -0.25) is 0 Å². The summed E-state index contributed by atoms with van der Waals surface area (Å²) in [6.45, 7) is 5.43. The first-order valence-corrected chi connectivity index (χ1v) is 7.88. The predicted octanol–water partition coefficient (Wildman–Crippen LogP) is 4.02. The van der Waals surface area contributed by atoms with Gasteiger partial charge in [0.25, 0.3) is 0 Å². The highest BCUT2D eigenvalue weighted by Crippen LogP contribution is 2.18. The minimum absolute atomic E-state index is 0.00483. The third kappa shape index (κ3) is 4.35. The third-order valence-corrected chi connectivity index (χ3v) is 3.83. The van der Waals surface area contributed by atoms with Gasteiger partial charge in [-0.1, -0.05) is 60.7 Å². The Kier molecular flexibility index (Phi) is 6.01. The van der Waals surface area contributed by atoms with Gasteiger partial charge in [0.2, 0.25) is 0 Å². The summed E-state index contributed by atoms with van der Waals surface area (Å²) in [6.07, 6.45) is 0.790. The molecule has 0 radical (unpaired) electrons. The standard InChI is InChI=1S/C19H24N2O/c1-3-21(4-2)19(22)20-18(17-13-9-6-10-14-17)15-16-11-7-5-8-12-16/h5-14,18H,3-4,15H2,1-2H3,(H,20,22). The summed E-state index contributed by atoms with van der Waals surface area (Å²) in [5, 5.41) is 3.17. The van der Waals surface area contributed by atoms with Gasteiger partial charge < -0.3 is 10.2 Å². The lowest BCUT2D eigenvalue weighted by molar-refractivity contribution is 0.199. The van der Waals surface area contributed by atoms with Crippen molar-refractivity contribution in [2.75, 3.05) is 13.1 Å². The largest absolute Gasteiger partial charge is 0.331 e. The fourth-order valence-electron chi connectivity index (χ4n) is 2.54. The van der Waals surface area contributed by atoms with Gasteiger partial charge in [0.15, 0.2) is 0 Å². The van der Waals surface area contributed by atoms with E-state index in [2.05, 4.69) is 29.6 Å². The fraction of sp³-hybridized carbons (Fsp3) is 0.316. The predicted molar refractivity (Wildman–Crippen MR) is 90.8 cm³/mol. The minimum atomic E-state index is -0.0169. The minimum Gasteiger partial charge on any atom is -0.331 e. The molecule has 0 aromatic heterocycles. The van der Waals surface area contributed by atoms with Crippen molar-refractivity contribution in [2.24, 2.45) is 0 Å². The second-order valence-electron chi connectivity index (χ2n) is 5.27. The average molecular weight is 296 g/mol. The van der Waals surface area contributed by atoms with Crippen molar-refractivity contribution in [1.82, 2.24) is 10.2 Å². The molecular weight excluding hydrogens is 272 g/mol. The Labute approximate surface area is 133 Å². The maximum atomic E-state index is 12.4. The summed E-state index contributed by atoms with van der Waals surface area (Å²) >= 11 is 0. The van der Waals surface area contributed by atoms with E-state index in [0.717, 1.165) is 25.1 Å². The van der Waals surface area contributed by atoms with E-state index in [1.807, 2.05) is 50.2 Å². The average Bonchev–Trinajstić information content (AvgIpc) is 2.57. The van der Waals surface area contributed by atoms with Gasteiger partial charge in [0.05, 0.1) is 6.04 Å². The first-order valence-electron chi connectivity index (χ1n) is 7.88. The van der Waals surface area contributed by atoms with E-state index >= 15 is 0 Å². The van der Waals surface area contributed by atoms with Crippen molar-refractivity contribution >= 4 is 6.03 Å². The van der Waals surface area contributed by atoms with Gasteiger partial charge in [-0.25, -0.2) is 4.79 Å². The van der Waals surface area contributed by atoms with Crippen LogP contribution in [0.1, 0.15) is 31.0 Å². The molecule has 1 unspecified atom stereocenters. The Balaban J connectivity index is 2.17. The number of nitrogens with one attached hydrogen (secondary N) is 1. The molecular formula is C19H24N2O. The molecule has 2 rings (SSSR count). The molecule has 0 heterocycles. The van der Waals surface area contributed by atoms with Crippen molar-refractivity contribution < 1.29 is 4.79 Å². The van der Waals surface area contributed by atoms with Crippen LogP contribution in [-0.4, -0.2) is 24.0 Å². The van der Waals surface area contributed by atoms with Crippen LogP contribution < -0.4 is 5.32 Å². The zero-order chi connectivity index (χ0) is 15.8.